The third kappa shape index (κ3) is 4.94. The average molecular weight is 296 g/mol. The van der Waals surface area contributed by atoms with Crippen LogP contribution in [0.2, 0.25) is 0 Å². The molecule has 3 atom stereocenters. The first-order valence-corrected chi connectivity index (χ1v) is 9.36. The Bertz CT molecular complexity index is 280. The number of nitrogens with one attached hydrogen (secondary N) is 1. The number of aliphatic hydroxyl groups excluding tert-OH is 1. The summed E-state index contributed by atoms with van der Waals surface area (Å²) in [6.45, 7) is 8.14. The monoisotopic (exact) mass is 296 g/mol. The molecule has 2 saturated carbocycles. The van der Waals surface area contributed by atoms with Gasteiger partial charge in [-0.3, -0.25) is 4.90 Å². The first kappa shape index (κ1) is 17.2. The second kappa shape index (κ2) is 9.12. The predicted octanol–water partition coefficient (Wildman–Crippen LogP) is 3.03. The Labute approximate surface area is 131 Å². The summed E-state index contributed by atoms with van der Waals surface area (Å²) in [4.78, 5) is 2.59. The van der Waals surface area contributed by atoms with Gasteiger partial charge in [-0.2, -0.15) is 0 Å². The second-order valence-corrected chi connectivity index (χ2v) is 7.21. The van der Waals surface area contributed by atoms with E-state index in [-0.39, 0.29) is 0 Å². The van der Waals surface area contributed by atoms with E-state index in [2.05, 4.69) is 24.1 Å². The van der Waals surface area contributed by atoms with Gasteiger partial charge in [0.1, 0.15) is 0 Å². The molecule has 0 aliphatic heterocycles. The lowest BCUT2D eigenvalue weighted by atomic mass is 9.76. The molecule has 0 aromatic rings. The van der Waals surface area contributed by atoms with Gasteiger partial charge in [-0.05, 0) is 56.9 Å². The van der Waals surface area contributed by atoms with Crippen molar-refractivity contribution in [1.29, 1.82) is 0 Å². The van der Waals surface area contributed by atoms with Gasteiger partial charge >= 0.3 is 0 Å². The molecule has 0 amide bonds. The highest BCUT2D eigenvalue weighted by molar-refractivity contribution is 4.89. The number of rotatable bonds is 9. The van der Waals surface area contributed by atoms with Gasteiger partial charge in [0.25, 0.3) is 0 Å². The summed E-state index contributed by atoms with van der Waals surface area (Å²) in [7, 11) is 0. The zero-order chi connectivity index (χ0) is 15.1. The Morgan fingerprint density at radius 1 is 1.14 bits per heavy atom. The lowest BCUT2D eigenvalue weighted by Crippen LogP contribution is -2.50. The second-order valence-electron chi connectivity index (χ2n) is 7.21. The van der Waals surface area contributed by atoms with Crippen molar-refractivity contribution in [3.05, 3.63) is 0 Å². The molecule has 2 aliphatic carbocycles. The molecule has 3 unspecified atom stereocenters. The maximum absolute atomic E-state index is 9.38. The summed E-state index contributed by atoms with van der Waals surface area (Å²) in [5.41, 5.74) is 0. The Morgan fingerprint density at radius 3 is 2.52 bits per heavy atom. The van der Waals surface area contributed by atoms with Crippen LogP contribution >= 0.6 is 0 Å². The molecular formula is C18H36N2O. The van der Waals surface area contributed by atoms with Crippen LogP contribution < -0.4 is 5.32 Å². The van der Waals surface area contributed by atoms with Gasteiger partial charge in [-0.15, -0.1) is 0 Å². The molecule has 3 heteroatoms. The van der Waals surface area contributed by atoms with Crippen molar-refractivity contribution >= 4 is 0 Å². The lowest BCUT2D eigenvalue weighted by Gasteiger charge is -2.43. The standard InChI is InChI=1S/C18H36N2O/c1-3-10-19-18-9-8-15(4-2)13-16(18)14-20(11-12-21)17-6-5-7-17/h15-19,21H,3-14H2,1-2H3. The summed E-state index contributed by atoms with van der Waals surface area (Å²) < 4.78 is 0. The van der Waals surface area contributed by atoms with Gasteiger partial charge < -0.3 is 10.4 Å². The number of nitrogens with zero attached hydrogens (tertiary/aromatic N) is 1. The molecule has 0 bridgehead atoms. The van der Waals surface area contributed by atoms with Crippen LogP contribution in [0.25, 0.3) is 0 Å². The largest absolute Gasteiger partial charge is 0.395 e. The maximum atomic E-state index is 9.38. The van der Waals surface area contributed by atoms with Gasteiger partial charge in [0.2, 0.25) is 0 Å². The van der Waals surface area contributed by atoms with Crippen molar-refractivity contribution in [3.63, 3.8) is 0 Å². The third-order valence-corrected chi connectivity index (χ3v) is 5.77. The van der Waals surface area contributed by atoms with Crippen molar-refractivity contribution in [2.75, 3.05) is 26.2 Å². The fraction of sp³-hybridized carbons (Fsp3) is 1.00. The number of aliphatic hydroxyl groups is 1. The van der Waals surface area contributed by atoms with Crippen molar-refractivity contribution in [1.82, 2.24) is 10.2 Å². The molecule has 124 valence electrons. The highest BCUT2D eigenvalue weighted by atomic mass is 16.3. The smallest absolute Gasteiger partial charge is 0.0558 e. The Morgan fingerprint density at radius 2 is 1.95 bits per heavy atom. The van der Waals surface area contributed by atoms with Crippen molar-refractivity contribution < 1.29 is 5.11 Å². The van der Waals surface area contributed by atoms with E-state index in [1.54, 1.807) is 0 Å². The summed E-state index contributed by atoms with van der Waals surface area (Å²) in [6, 6.07) is 1.46. The van der Waals surface area contributed by atoms with E-state index in [4.69, 9.17) is 0 Å². The normalized spacial score (nSPS) is 30.6. The van der Waals surface area contributed by atoms with Crippen LogP contribution in [-0.2, 0) is 0 Å². The Kier molecular flexibility index (Phi) is 7.48. The molecule has 0 aromatic heterocycles. The SMILES string of the molecule is CCCNC1CCC(CC)CC1CN(CCO)C1CCC1. The average Bonchev–Trinajstić information content (AvgIpc) is 2.44. The van der Waals surface area contributed by atoms with Gasteiger partial charge in [-0.25, -0.2) is 0 Å². The molecule has 2 fully saturated rings. The molecule has 0 spiro atoms. The van der Waals surface area contributed by atoms with Crippen LogP contribution in [0.3, 0.4) is 0 Å². The topological polar surface area (TPSA) is 35.5 Å². The molecule has 0 radical (unpaired) electrons. The predicted molar refractivity (Wildman–Crippen MR) is 89.5 cm³/mol. The minimum atomic E-state index is 0.313. The molecule has 3 nitrogen and oxygen atoms in total. The lowest BCUT2D eigenvalue weighted by molar-refractivity contribution is 0.0600. The molecular weight excluding hydrogens is 260 g/mol. The molecule has 2 rings (SSSR count). The fourth-order valence-electron chi connectivity index (χ4n) is 4.14. The molecule has 0 aromatic carbocycles. The molecule has 21 heavy (non-hydrogen) atoms. The summed E-state index contributed by atoms with van der Waals surface area (Å²) in [5.74, 6) is 1.70. The van der Waals surface area contributed by atoms with Crippen LogP contribution in [0, 0.1) is 11.8 Å². The summed E-state index contributed by atoms with van der Waals surface area (Å²) >= 11 is 0. The van der Waals surface area contributed by atoms with Crippen LogP contribution in [0.4, 0.5) is 0 Å². The minimum absolute atomic E-state index is 0.313. The molecule has 0 saturated heterocycles. The third-order valence-electron chi connectivity index (χ3n) is 5.77. The van der Waals surface area contributed by atoms with Crippen molar-refractivity contribution in [2.45, 2.75) is 77.3 Å². The van der Waals surface area contributed by atoms with Crippen molar-refractivity contribution in [2.24, 2.45) is 11.8 Å². The highest BCUT2D eigenvalue weighted by Gasteiger charge is 2.33. The summed E-state index contributed by atoms with van der Waals surface area (Å²) in [5, 5.41) is 13.2. The number of hydrogen-bond acceptors (Lipinski definition) is 3. The van der Waals surface area contributed by atoms with Crippen LogP contribution in [0.1, 0.15) is 65.2 Å². The van der Waals surface area contributed by atoms with E-state index in [9.17, 15) is 5.11 Å². The fourth-order valence-corrected chi connectivity index (χ4v) is 4.14. The van der Waals surface area contributed by atoms with Gasteiger partial charge in [-0.1, -0.05) is 26.7 Å². The van der Waals surface area contributed by atoms with E-state index in [1.165, 1.54) is 57.9 Å². The van der Waals surface area contributed by atoms with Gasteiger partial charge in [0.05, 0.1) is 6.61 Å². The zero-order valence-corrected chi connectivity index (χ0v) is 14.2. The Hall–Kier alpha value is -0.120. The highest BCUT2D eigenvalue weighted by Crippen LogP contribution is 2.34. The van der Waals surface area contributed by atoms with Gasteiger partial charge in [0.15, 0.2) is 0 Å². The van der Waals surface area contributed by atoms with Gasteiger partial charge in [0, 0.05) is 25.2 Å². The first-order chi connectivity index (χ1) is 10.3. The maximum Gasteiger partial charge on any atom is 0.0558 e. The molecule has 2 aliphatic rings. The van der Waals surface area contributed by atoms with Crippen LogP contribution in [-0.4, -0.2) is 48.3 Å². The number of hydrogen-bond donors (Lipinski definition) is 2. The van der Waals surface area contributed by atoms with E-state index < -0.39 is 0 Å². The van der Waals surface area contributed by atoms with E-state index in [0.717, 1.165) is 31.0 Å². The first-order valence-electron chi connectivity index (χ1n) is 9.36. The molecule has 0 heterocycles. The van der Waals surface area contributed by atoms with Crippen LogP contribution in [0.15, 0.2) is 0 Å². The quantitative estimate of drug-likeness (QED) is 0.686. The minimum Gasteiger partial charge on any atom is -0.395 e. The van der Waals surface area contributed by atoms with E-state index in [0.29, 0.717) is 12.6 Å². The zero-order valence-electron chi connectivity index (χ0n) is 14.2. The van der Waals surface area contributed by atoms with E-state index >= 15 is 0 Å². The van der Waals surface area contributed by atoms with Crippen molar-refractivity contribution in [3.8, 4) is 0 Å². The Balaban J connectivity index is 1.92. The summed E-state index contributed by atoms with van der Waals surface area (Å²) in [6.07, 6.45) is 10.8. The van der Waals surface area contributed by atoms with E-state index in [1.807, 2.05) is 0 Å². The molecule has 2 N–H and O–H groups in total. The van der Waals surface area contributed by atoms with Crippen LogP contribution in [0.5, 0.6) is 0 Å².